The van der Waals surface area contributed by atoms with E-state index in [1.807, 2.05) is 13.8 Å². The van der Waals surface area contributed by atoms with Crippen molar-refractivity contribution in [1.29, 1.82) is 0 Å². The molecular formula is C7H14O2S. The molecule has 2 atom stereocenters. The minimum absolute atomic E-state index is 0.0394. The molecule has 2 unspecified atom stereocenters. The van der Waals surface area contributed by atoms with Crippen LogP contribution in [0.1, 0.15) is 33.1 Å². The second-order valence-electron chi connectivity index (χ2n) is 3.01. The maximum atomic E-state index is 11.3. The Morgan fingerprint density at radius 2 is 2.00 bits per heavy atom. The standard InChI is InChI=1S/C7H14O2S/c1-3-7-5-4-6(2)10(7,8)9/h6-7H,3-5H2,1-2H3. The van der Waals surface area contributed by atoms with Crippen LogP contribution in [0.3, 0.4) is 0 Å². The van der Waals surface area contributed by atoms with Gasteiger partial charge in [0.2, 0.25) is 0 Å². The maximum Gasteiger partial charge on any atom is 0.155 e. The van der Waals surface area contributed by atoms with Gasteiger partial charge in [0.05, 0.1) is 10.5 Å². The van der Waals surface area contributed by atoms with Gasteiger partial charge >= 0.3 is 0 Å². The van der Waals surface area contributed by atoms with E-state index in [4.69, 9.17) is 0 Å². The third-order valence-electron chi connectivity index (χ3n) is 2.38. The van der Waals surface area contributed by atoms with Crippen molar-refractivity contribution in [3.05, 3.63) is 0 Å². The van der Waals surface area contributed by atoms with E-state index in [1.54, 1.807) is 0 Å². The number of sulfone groups is 1. The minimum Gasteiger partial charge on any atom is -0.228 e. The van der Waals surface area contributed by atoms with E-state index in [-0.39, 0.29) is 10.5 Å². The molecule has 1 heterocycles. The normalized spacial score (nSPS) is 38.2. The lowest BCUT2D eigenvalue weighted by Crippen LogP contribution is -2.19. The lowest BCUT2D eigenvalue weighted by molar-refractivity contribution is 0.582. The average Bonchev–Trinajstić information content (AvgIpc) is 2.10. The Balaban J connectivity index is 2.85. The monoisotopic (exact) mass is 162 g/mol. The van der Waals surface area contributed by atoms with E-state index in [9.17, 15) is 8.42 Å². The van der Waals surface area contributed by atoms with E-state index in [2.05, 4.69) is 0 Å². The van der Waals surface area contributed by atoms with E-state index in [1.165, 1.54) is 0 Å². The fraction of sp³-hybridized carbons (Fsp3) is 1.00. The largest absolute Gasteiger partial charge is 0.228 e. The van der Waals surface area contributed by atoms with Gasteiger partial charge in [-0.05, 0) is 26.2 Å². The number of hydrogen-bond donors (Lipinski definition) is 0. The van der Waals surface area contributed by atoms with Gasteiger partial charge in [-0.2, -0.15) is 0 Å². The van der Waals surface area contributed by atoms with Crippen LogP contribution in [-0.4, -0.2) is 18.9 Å². The first-order chi connectivity index (χ1) is 4.59. The van der Waals surface area contributed by atoms with Crippen molar-refractivity contribution in [3.8, 4) is 0 Å². The Morgan fingerprint density at radius 1 is 1.40 bits per heavy atom. The predicted molar refractivity (Wildman–Crippen MR) is 41.7 cm³/mol. The van der Waals surface area contributed by atoms with Crippen LogP contribution in [0.15, 0.2) is 0 Å². The highest BCUT2D eigenvalue weighted by Gasteiger charge is 2.36. The smallest absolute Gasteiger partial charge is 0.155 e. The molecule has 0 aliphatic carbocycles. The van der Waals surface area contributed by atoms with Gasteiger partial charge in [0, 0.05) is 0 Å². The third-order valence-corrected chi connectivity index (χ3v) is 5.23. The molecule has 60 valence electrons. The average molecular weight is 162 g/mol. The molecule has 1 aliphatic rings. The van der Waals surface area contributed by atoms with Crippen molar-refractivity contribution in [1.82, 2.24) is 0 Å². The summed E-state index contributed by atoms with van der Waals surface area (Å²) in [5.41, 5.74) is 0. The lowest BCUT2D eigenvalue weighted by atomic mass is 10.2. The molecule has 0 saturated carbocycles. The minimum atomic E-state index is -2.72. The zero-order chi connectivity index (χ0) is 7.78. The lowest BCUT2D eigenvalue weighted by Gasteiger charge is -2.06. The fourth-order valence-electron chi connectivity index (χ4n) is 1.51. The summed E-state index contributed by atoms with van der Waals surface area (Å²) in [6.07, 6.45) is 2.52. The van der Waals surface area contributed by atoms with E-state index < -0.39 is 9.84 Å². The summed E-state index contributed by atoms with van der Waals surface area (Å²) in [5.74, 6) is 0. The molecule has 0 aromatic heterocycles. The molecule has 1 fully saturated rings. The Hall–Kier alpha value is -0.0500. The summed E-state index contributed by atoms with van der Waals surface area (Å²) in [6, 6.07) is 0. The summed E-state index contributed by atoms with van der Waals surface area (Å²) in [4.78, 5) is 0. The molecule has 0 bridgehead atoms. The highest BCUT2D eigenvalue weighted by molar-refractivity contribution is 7.92. The summed E-state index contributed by atoms with van der Waals surface area (Å²) >= 11 is 0. The zero-order valence-electron chi connectivity index (χ0n) is 6.50. The van der Waals surface area contributed by atoms with E-state index in [0.29, 0.717) is 0 Å². The van der Waals surface area contributed by atoms with Crippen molar-refractivity contribution < 1.29 is 8.42 Å². The van der Waals surface area contributed by atoms with Crippen LogP contribution in [0, 0.1) is 0 Å². The van der Waals surface area contributed by atoms with Crippen molar-refractivity contribution in [2.45, 2.75) is 43.6 Å². The van der Waals surface area contributed by atoms with Gasteiger partial charge in [-0.15, -0.1) is 0 Å². The Labute approximate surface area is 62.5 Å². The van der Waals surface area contributed by atoms with Gasteiger partial charge in [0.25, 0.3) is 0 Å². The van der Waals surface area contributed by atoms with Gasteiger partial charge < -0.3 is 0 Å². The molecular weight excluding hydrogens is 148 g/mol. The Morgan fingerprint density at radius 3 is 2.20 bits per heavy atom. The molecule has 0 amide bonds. The Kier molecular flexibility index (Phi) is 2.04. The van der Waals surface area contributed by atoms with Gasteiger partial charge in [-0.3, -0.25) is 0 Å². The van der Waals surface area contributed by atoms with Crippen molar-refractivity contribution in [3.63, 3.8) is 0 Å². The van der Waals surface area contributed by atoms with Crippen LogP contribution in [0.2, 0.25) is 0 Å². The first kappa shape index (κ1) is 8.05. The van der Waals surface area contributed by atoms with Crippen LogP contribution < -0.4 is 0 Å². The molecule has 3 heteroatoms. The maximum absolute atomic E-state index is 11.3. The molecule has 1 saturated heterocycles. The molecule has 1 aliphatic heterocycles. The molecule has 10 heavy (non-hydrogen) atoms. The van der Waals surface area contributed by atoms with E-state index in [0.717, 1.165) is 19.3 Å². The topological polar surface area (TPSA) is 34.1 Å². The quantitative estimate of drug-likeness (QED) is 0.583. The van der Waals surface area contributed by atoms with Crippen LogP contribution >= 0.6 is 0 Å². The van der Waals surface area contributed by atoms with Crippen molar-refractivity contribution >= 4 is 9.84 Å². The van der Waals surface area contributed by atoms with E-state index >= 15 is 0 Å². The number of rotatable bonds is 1. The molecule has 0 spiro atoms. The van der Waals surface area contributed by atoms with Crippen LogP contribution in [0.5, 0.6) is 0 Å². The van der Waals surface area contributed by atoms with Gasteiger partial charge in [0.1, 0.15) is 0 Å². The molecule has 0 N–H and O–H groups in total. The summed E-state index contributed by atoms with van der Waals surface area (Å²) in [5, 5.41) is -0.125. The second-order valence-corrected chi connectivity index (χ2v) is 5.66. The Bertz CT molecular complexity index is 206. The summed E-state index contributed by atoms with van der Waals surface area (Å²) in [7, 11) is -2.72. The molecule has 0 aromatic carbocycles. The predicted octanol–water partition coefficient (Wildman–Crippen LogP) is 1.36. The van der Waals surface area contributed by atoms with Gasteiger partial charge in [-0.25, -0.2) is 8.42 Å². The molecule has 1 rings (SSSR count). The van der Waals surface area contributed by atoms with Crippen LogP contribution in [0.25, 0.3) is 0 Å². The second kappa shape index (κ2) is 2.53. The summed E-state index contributed by atoms with van der Waals surface area (Å²) in [6.45, 7) is 3.76. The molecule has 0 aromatic rings. The number of hydrogen-bond acceptors (Lipinski definition) is 2. The SMILES string of the molecule is CCC1CCC(C)S1(=O)=O. The fourth-order valence-corrected chi connectivity index (χ4v) is 3.57. The molecule has 2 nitrogen and oxygen atoms in total. The van der Waals surface area contributed by atoms with Crippen LogP contribution in [-0.2, 0) is 9.84 Å². The summed E-state index contributed by atoms with van der Waals surface area (Å²) < 4.78 is 22.6. The van der Waals surface area contributed by atoms with Crippen molar-refractivity contribution in [2.75, 3.05) is 0 Å². The molecule has 0 radical (unpaired) electrons. The van der Waals surface area contributed by atoms with Crippen LogP contribution in [0.4, 0.5) is 0 Å². The first-order valence-electron chi connectivity index (χ1n) is 3.81. The van der Waals surface area contributed by atoms with Gasteiger partial charge in [0.15, 0.2) is 9.84 Å². The van der Waals surface area contributed by atoms with Crippen molar-refractivity contribution in [2.24, 2.45) is 0 Å². The van der Waals surface area contributed by atoms with Gasteiger partial charge in [-0.1, -0.05) is 6.92 Å². The third kappa shape index (κ3) is 1.07. The highest BCUT2D eigenvalue weighted by atomic mass is 32.2. The first-order valence-corrected chi connectivity index (χ1v) is 5.42. The highest BCUT2D eigenvalue weighted by Crippen LogP contribution is 2.28. The zero-order valence-corrected chi connectivity index (χ0v) is 7.32.